The first-order valence-electron chi connectivity index (χ1n) is 14.0. The molecule has 3 aromatic carbocycles. The lowest BCUT2D eigenvalue weighted by molar-refractivity contribution is -0.121. The monoisotopic (exact) mass is 554 g/mol. The van der Waals surface area contributed by atoms with Gasteiger partial charge in [0.1, 0.15) is 0 Å². The maximum absolute atomic E-state index is 13.3. The lowest BCUT2D eigenvalue weighted by Crippen LogP contribution is -2.42. The largest absolute Gasteiger partial charge is 0.378 e. The first-order valence-corrected chi connectivity index (χ1v) is 14.0. The summed E-state index contributed by atoms with van der Waals surface area (Å²) in [4.78, 5) is 40.3. The van der Waals surface area contributed by atoms with Gasteiger partial charge in [-0.1, -0.05) is 72.8 Å². The fourth-order valence-electron chi connectivity index (χ4n) is 4.87. The van der Waals surface area contributed by atoms with E-state index in [4.69, 9.17) is 16.2 Å². The van der Waals surface area contributed by atoms with Gasteiger partial charge in [0, 0.05) is 36.3 Å². The van der Waals surface area contributed by atoms with Crippen molar-refractivity contribution in [2.24, 2.45) is 11.5 Å². The first kappa shape index (κ1) is 29.7. The Bertz CT molecular complexity index is 1330. The van der Waals surface area contributed by atoms with Crippen molar-refractivity contribution in [3.8, 4) is 0 Å². The number of amides is 3. The third kappa shape index (κ3) is 8.86. The van der Waals surface area contributed by atoms with Gasteiger partial charge < -0.3 is 26.4 Å². The van der Waals surface area contributed by atoms with E-state index in [1.807, 2.05) is 60.7 Å². The van der Waals surface area contributed by atoms with Crippen LogP contribution in [0.15, 0.2) is 96.2 Å². The molecule has 8 nitrogen and oxygen atoms in total. The highest BCUT2D eigenvalue weighted by Gasteiger charge is 2.21. The second-order valence-electron chi connectivity index (χ2n) is 10.2. The van der Waals surface area contributed by atoms with Crippen LogP contribution in [-0.2, 0) is 33.6 Å². The summed E-state index contributed by atoms with van der Waals surface area (Å²) in [6.45, 7) is 2.23. The fraction of sp³-hybridized carbons (Fsp3) is 0.303. The molecule has 0 saturated carbocycles. The van der Waals surface area contributed by atoms with E-state index in [2.05, 4.69) is 17.4 Å². The van der Waals surface area contributed by atoms with Crippen LogP contribution in [0.5, 0.6) is 0 Å². The van der Waals surface area contributed by atoms with Crippen LogP contribution in [0.25, 0.3) is 0 Å². The van der Waals surface area contributed by atoms with Crippen LogP contribution in [0, 0.1) is 0 Å². The normalized spacial score (nSPS) is 14.6. The quantitative estimate of drug-likeness (QED) is 0.297. The van der Waals surface area contributed by atoms with E-state index >= 15 is 0 Å². The second-order valence-corrected chi connectivity index (χ2v) is 10.2. The van der Waals surface area contributed by atoms with E-state index in [0.29, 0.717) is 56.0 Å². The lowest BCUT2D eigenvalue weighted by atomic mass is 9.98. The fourth-order valence-corrected chi connectivity index (χ4v) is 4.87. The smallest absolute Gasteiger partial charge is 0.254 e. The third-order valence-electron chi connectivity index (χ3n) is 7.19. The Kier molecular flexibility index (Phi) is 10.8. The van der Waals surface area contributed by atoms with E-state index in [1.165, 1.54) is 5.56 Å². The number of benzene rings is 3. The molecule has 1 aliphatic rings. The highest BCUT2D eigenvalue weighted by Crippen LogP contribution is 2.18. The number of primary amides is 1. The summed E-state index contributed by atoms with van der Waals surface area (Å²) in [6.07, 6.45) is 2.57. The van der Waals surface area contributed by atoms with E-state index in [0.717, 1.165) is 24.0 Å². The molecule has 214 valence electrons. The van der Waals surface area contributed by atoms with E-state index < -0.39 is 11.9 Å². The summed E-state index contributed by atoms with van der Waals surface area (Å²) in [5.41, 5.74) is 16.5. The number of hydrogen-bond donors (Lipinski definition) is 3. The molecule has 1 heterocycles. The SMILES string of the molecule is NC(=O)/C(Cc1ccccc1)=C(\CCCc1ccccc1)NC(=O)[C@@H](N)Cc1ccc(C(=O)N2CCOCC2)cc1. The molecule has 0 aliphatic carbocycles. The number of morpholine rings is 1. The van der Waals surface area contributed by atoms with Crippen LogP contribution in [0.1, 0.15) is 39.9 Å². The number of carbonyl (C=O) groups excluding carboxylic acids is 3. The molecule has 41 heavy (non-hydrogen) atoms. The number of ether oxygens (including phenoxy) is 1. The zero-order chi connectivity index (χ0) is 29.0. The number of nitrogens with one attached hydrogen (secondary N) is 1. The Hall–Kier alpha value is -4.27. The van der Waals surface area contributed by atoms with Gasteiger partial charge in [0.25, 0.3) is 5.91 Å². The number of rotatable bonds is 12. The van der Waals surface area contributed by atoms with Crippen LogP contribution < -0.4 is 16.8 Å². The van der Waals surface area contributed by atoms with Crippen molar-refractivity contribution in [1.82, 2.24) is 10.2 Å². The average molecular weight is 555 g/mol. The van der Waals surface area contributed by atoms with Gasteiger partial charge in [-0.05, 0) is 54.5 Å². The number of nitrogens with zero attached hydrogens (tertiary/aromatic N) is 1. The maximum atomic E-state index is 13.3. The number of nitrogens with two attached hydrogens (primary N) is 2. The molecule has 0 aromatic heterocycles. The molecule has 8 heteroatoms. The van der Waals surface area contributed by atoms with Crippen molar-refractivity contribution < 1.29 is 19.1 Å². The van der Waals surface area contributed by atoms with Gasteiger partial charge in [-0.15, -0.1) is 0 Å². The summed E-state index contributed by atoms with van der Waals surface area (Å²) in [5, 5.41) is 2.94. The van der Waals surface area contributed by atoms with Crippen molar-refractivity contribution in [3.05, 3.63) is 118 Å². The highest BCUT2D eigenvalue weighted by molar-refractivity contribution is 5.95. The van der Waals surface area contributed by atoms with E-state index in [-0.39, 0.29) is 18.2 Å². The molecule has 3 amide bonds. The Morgan fingerprint density at radius 3 is 2.05 bits per heavy atom. The molecular weight excluding hydrogens is 516 g/mol. The molecule has 5 N–H and O–H groups in total. The molecule has 0 spiro atoms. The zero-order valence-electron chi connectivity index (χ0n) is 23.3. The highest BCUT2D eigenvalue weighted by atomic mass is 16.5. The lowest BCUT2D eigenvalue weighted by Gasteiger charge is -2.26. The summed E-state index contributed by atoms with van der Waals surface area (Å²) < 4.78 is 5.32. The minimum atomic E-state index is -0.856. The predicted octanol–water partition coefficient (Wildman–Crippen LogP) is 3.15. The standard InChI is InChI=1S/C33H38N4O4/c34-29(23-26-14-16-27(17-15-26)33(40)37-18-20-41-21-19-37)32(39)36-30(13-7-12-24-8-3-1-4-9-24)28(31(35)38)22-25-10-5-2-6-11-25/h1-6,8-11,14-17,29H,7,12-13,18-23,34H2,(H2,35,38)(H,36,39)/b30-28+/t29-/m0/s1. The van der Waals surface area contributed by atoms with Crippen molar-refractivity contribution in [3.63, 3.8) is 0 Å². The van der Waals surface area contributed by atoms with Crippen molar-refractivity contribution in [1.29, 1.82) is 0 Å². The topological polar surface area (TPSA) is 128 Å². The molecule has 4 rings (SSSR count). The van der Waals surface area contributed by atoms with Crippen LogP contribution in [0.4, 0.5) is 0 Å². The molecule has 0 unspecified atom stereocenters. The number of carbonyl (C=O) groups is 3. The van der Waals surface area contributed by atoms with Gasteiger partial charge >= 0.3 is 0 Å². The van der Waals surface area contributed by atoms with Gasteiger partial charge in [0.2, 0.25) is 11.8 Å². The molecule has 1 aliphatic heterocycles. The molecule has 1 atom stereocenters. The second kappa shape index (κ2) is 14.9. The van der Waals surface area contributed by atoms with Crippen molar-refractivity contribution in [2.75, 3.05) is 26.3 Å². The van der Waals surface area contributed by atoms with Gasteiger partial charge in [-0.2, -0.15) is 0 Å². The molecule has 3 aromatic rings. The summed E-state index contributed by atoms with van der Waals surface area (Å²) >= 11 is 0. The summed E-state index contributed by atoms with van der Waals surface area (Å²) in [5.74, 6) is -0.998. The van der Waals surface area contributed by atoms with Crippen LogP contribution in [0.3, 0.4) is 0 Å². The van der Waals surface area contributed by atoms with Crippen LogP contribution in [-0.4, -0.2) is 55.0 Å². The molecular formula is C33H38N4O4. The molecule has 0 radical (unpaired) electrons. The maximum Gasteiger partial charge on any atom is 0.254 e. The third-order valence-corrected chi connectivity index (χ3v) is 7.19. The average Bonchev–Trinajstić information content (AvgIpc) is 3.00. The van der Waals surface area contributed by atoms with Crippen LogP contribution in [0.2, 0.25) is 0 Å². The number of aryl methyl sites for hydroxylation is 1. The summed E-state index contributed by atoms with van der Waals surface area (Å²) in [6, 6.07) is 25.9. The minimum absolute atomic E-state index is 0.0374. The van der Waals surface area contributed by atoms with E-state index in [9.17, 15) is 14.4 Å². The van der Waals surface area contributed by atoms with Gasteiger partial charge in [-0.3, -0.25) is 14.4 Å². The zero-order valence-corrected chi connectivity index (χ0v) is 23.3. The van der Waals surface area contributed by atoms with Gasteiger partial charge in [0.05, 0.1) is 19.3 Å². The van der Waals surface area contributed by atoms with Gasteiger partial charge in [-0.25, -0.2) is 0 Å². The Morgan fingerprint density at radius 1 is 0.829 bits per heavy atom. The molecule has 1 saturated heterocycles. The Morgan fingerprint density at radius 2 is 1.44 bits per heavy atom. The number of hydrogen-bond acceptors (Lipinski definition) is 5. The van der Waals surface area contributed by atoms with E-state index in [1.54, 1.807) is 17.0 Å². The number of allylic oxidation sites excluding steroid dienone is 1. The Balaban J connectivity index is 1.44. The van der Waals surface area contributed by atoms with Crippen LogP contribution >= 0.6 is 0 Å². The summed E-state index contributed by atoms with van der Waals surface area (Å²) in [7, 11) is 0. The van der Waals surface area contributed by atoms with Crippen molar-refractivity contribution in [2.45, 2.75) is 38.1 Å². The minimum Gasteiger partial charge on any atom is -0.378 e. The predicted molar refractivity (Wildman–Crippen MR) is 159 cm³/mol. The Labute approximate surface area is 241 Å². The first-order chi connectivity index (χ1) is 19.9. The van der Waals surface area contributed by atoms with Crippen molar-refractivity contribution >= 4 is 17.7 Å². The molecule has 0 bridgehead atoms. The molecule has 1 fully saturated rings. The van der Waals surface area contributed by atoms with Gasteiger partial charge in [0.15, 0.2) is 0 Å².